The topological polar surface area (TPSA) is 133 Å². The molecule has 2 aromatic heterocycles. The van der Waals surface area contributed by atoms with Crippen LogP contribution in [0.25, 0.3) is 5.57 Å². The van der Waals surface area contributed by atoms with E-state index in [2.05, 4.69) is 40.2 Å². The van der Waals surface area contributed by atoms with Gasteiger partial charge < -0.3 is 25.3 Å². The number of anilines is 1. The van der Waals surface area contributed by atoms with Crippen molar-refractivity contribution < 1.29 is 19.7 Å². The van der Waals surface area contributed by atoms with Crippen molar-refractivity contribution in [2.75, 3.05) is 25.6 Å². The van der Waals surface area contributed by atoms with Gasteiger partial charge in [-0.1, -0.05) is 19.9 Å². The number of hydrogen-bond donors (Lipinski definition) is 4. The molecule has 200 valence electrons. The molecule has 9 heteroatoms. The second kappa shape index (κ2) is 10.5. The molecule has 1 aliphatic heterocycles. The number of ether oxygens (including phenoxy) is 1. The highest BCUT2D eigenvalue weighted by Gasteiger charge is 2.45. The molecule has 2 aliphatic rings. The summed E-state index contributed by atoms with van der Waals surface area (Å²) < 4.78 is 6.11. The van der Waals surface area contributed by atoms with E-state index >= 15 is 0 Å². The van der Waals surface area contributed by atoms with Crippen molar-refractivity contribution in [2.45, 2.75) is 76.9 Å². The number of imidazole rings is 1. The van der Waals surface area contributed by atoms with Crippen molar-refractivity contribution >= 4 is 23.4 Å². The highest BCUT2D eigenvalue weighted by Crippen LogP contribution is 2.44. The summed E-state index contributed by atoms with van der Waals surface area (Å²) in [7, 11) is 1.66. The number of aliphatic hydroxyl groups excluding tert-OH is 2. The number of aliphatic imine (C=N–C) groups is 1. The van der Waals surface area contributed by atoms with Gasteiger partial charge in [0.1, 0.15) is 0 Å². The number of hydrogen-bond acceptors (Lipinski definition) is 7. The average molecular weight is 510 g/mol. The van der Waals surface area contributed by atoms with Crippen LogP contribution < -0.4 is 5.32 Å². The molecule has 0 saturated carbocycles. The molecule has 37 heavy (non-hydrogen) atoms. The third kappa shape index (κ3) is 6.17. The minimum Gasteiger partial charge on any atom is -0.393 e. The predicted molar refractivity (Wildman–Crippen MR) is 144 cm³/mol. The van der Waals surface area contributed by atoms with Gasteiger partial charge in [-0.15, -0.1) is 0 Å². The van der Waals surface area contributed by atoms with E-state index in [1.54, 1.807) is 19.5 Å². The molecule has 2 aromatic rings. The minimum absolute atomic E-state index is 0.0202. The molecule has 0 radical (unpaired) electrons. The monoisotopic (exact) mass is 509 g/mol. The van der Waals surface area contributed by atoms with E-state index in [0.29, 0.717) is 24.2 Å². The van der Waals surface area contributed by atoms with Gasteiger partial charge in [0.15, 0.2) is 5.82 Å². The first-order valence-electron chi connectivity index (χ1n) is 12.9. The second-order valence-electron chi connectivity index (χ2n) is 11.7. The maximum atomic E-state index is 13.0. The van der Waals surface area contributed by atoms with Gasteiger partial charge in [-0.3, -0.25) is 14.8 Å². The molecule has 9 nitrogen and oxygen atoms in total. The largest absolute Gasteiger partial charge is 0.393 e. The maximum absolute atomic E-state index is 13.0. The number of H-pyrrole nitrogens is 1. The minimum atomic E-state index is -0.776. The van der Waals surface area contributed by atoms with Crippen molar-refractivity contribution in [3.63, 3.8) is 0 Å². The van der Waals surface area contributed by atoms with E-state index in [4.69, 9.17) is 9.72 Å². The Bertz CT molecular complexity index is 1180. The zero-order chi connectivity index (χ0) is 26.8. The molecule has 1 unspecified atom stereocenters. The summed E-state index contributed by atoms with van der Waals surface area (Å²) >= 11 is 0. The highest BCUT2D eigenvalue weighted by molar-refractivity contribution is 6.03. The molecule has 0 spiro atoms. The summed E-state index contributed by atoms with van der Waals surface area (Å²) in [5, 5.41) is 23.1. The van der Waals surface area contributed by atoms with Crippen molar-refractivity contribution in [1.82, 2.24) is 15.0 Å². The normalized spacial score (nSPS) is 27.8. The summed E-state index contributed by atoms with van der Waals surface area (Å²) in [6.07, 6.45) is 9.38. The number of aliphatic hydroxyl groups is 2. The van der Waals surface area contributed by atoms with Crippen LogP contribution in [-0.2, 0) is 4.74 Å². The van der Waals surface area contributed by atoms with Gasteiger partial charge in [-0.25, -0.2) is 4.98 Å². The Hall–Kier alpha value is -2.88. The third-order valence-corrected chi connectivity index (χ3v) is 7.46. The molecule has 1 aliphatic carbocycles. The Morgan fingerprint density at radius 1 is 1.22 bits per heavy atom. The fraction of sp³-hybridized carbons (Fsp3) is 0.571. The first-order chi connectivity index (χ1) is 17.5. The summed E-state index contributed by atoms with van der Waals surface area (Å²) in [5.74, 6) is -0.172. The van der Waals surface area contributed by atoms with E-state index in [-0.39, 0.29) is 36.3 Å². The van der Waals surface area contributed by atoms with Crippen LogP contribution in [0.2, 0.25) is 0 Å². The van der Waals surface area contributed by atoms with E-state index < -0.39 is 11.2 Å². The zero-order valence-corrected chi connectivity index (χ0v) is 22.5. The molecule has 3 heterocycles. The SMILES string of the molecule is CN=Cc1cnc(C(=O)Nc2ccc(C3C[C@](C)(CO)O[C@](C)(CO)C3)nc2C2=CCC(C)(C)CC2)[nH]1. The highest BCUT2D eigenvalue weighted by atomic mass is 16.5. The number of aromatic amines is 1. The van der Waals surface area contributed by atoms with Crippen LogP contribution in [0, 0.1) is 5.41 Å². The number of rotatable bonds is 7. The van der Waals surface area contributed by atoms with Gasteiger partial charge in [0.2, 0.25) is 0 Å². The number of pyridine rings is 1. The zero-order valence-electron chi connectivity index (χ0n) is 22.5. The Morgan fingerprint density at radius 2 is 1.92 bits per heavy atom. The molecular weight excluding hydrogens is 470 g/mol. The molecular formula is C28H39N5O4. The summed E-state index contributed by atoms with van der Waals surface area (Å²) in [6.45, 7) is 7.97. The lowest BCUT2D eigenvalue weighted by Crippen LogP contribution is -2.51. The van der Waals surface area contributed by atoms with E-state index in [1.807, 2.05) is 26.0 Å². The Balaban J connectivity index is 1.69. The second-order valence-corrected chi connectivity index (χ2v) is 11.7. The molecule has 4 rings (SSSR count). The molecule has 3 atom stereocenters. The molecule has 1 fully saturated rings. The quantitative estimate of drug-likeness (QED) is 0.416. The lowest BCUT2D eigenvalue weighted by atomic mass is 9.77. The maximum Gasteiger partial charge on any atom is 0.291 e. The fourth-order valence-electron chi connectivity index (χ4n) is 5.37. The lowest BCUT2D eigenvalue weighted by Gasteiger charge is -2.47. The van der Waals surface area contributed by atoms with Crippen LogP contribution in [-0.4, -0.2) is 68.8 Å². The fourth-order valence-corrected chi connectivity index (χ4v) is 5.37. The van der Waals surface area contributed by atoms with Crippen LogP contribution in [0.5, 0.6) is 0 Å². The smallest absolute Gasteiger partial charge is 0.291 e. The van der Waals surface area contributed by atoms with E-state index in [9.17, 15) is 15.0 Å². The van der Waals surface area contributed by atoms with Crippen LogP contribution in [0.1, 0.15) is 93.4 Å². The van der Waals surface area contributed by atoms with Crippen molar-refractivity contribution in [1.29, 1.82) is 0 Å². The molecule has 4 N–H and O–H groups in total. The molecule has 1 saturated heterocycles. The molecule has 0 aromatic carbocycles. The van der Waals surface area contributed by atoms with Crippen molar-refractivity contribution in [3.8, 4) is 0 Å². The molecule has 1 amide bonds. The molecule has 0 bridgehead atoms. The van der Waals surface area contributed by atoms with E-state index in [0.717, 1.165) is 36.2 Å². The summed E-state index contributed by atoms with van der Waals surface area (Å²) in [6, 6.07) is 3.82. The Kier molecular flexibility index (Phi) is 7.69. The van der Waals surface area contributed by atoms with Gasteiger partial charge in [-0.05, 0) is 69.1 Å². The Morgan fingerprint density at radius 3 is 2.51 bits per heavy atom. The van der Waals surface area contributed by atoms with Crippen molar-refractivity contribution in [3.05, 3.63) is 47.3 Å². The number of nitrogens with zero attached hydrogens (tertiary/aromatic N) is 3. The van der Waals surface area contributed by atoms with Gasteiger partial charge in [0.05, 0.1) is 47.7 Å². The predicted octanol–water partition coefficient (Wildman–Crippen LogP) is 4.10. The number of carbonyl (C=O) groups is 1. The van der Waals surface area contributed by atoms with Crippen LogP contribution in [0.15, 0.2) is 29.4 Å². The summed E-state index contributed by atoms with van der Waals surface area (Å²) in [5.41, 5.74) is 2.68. The first kappa shape index (κ1) is 27.2. The number of amides is 1. The third-order valence-electron chi connectivity index (χ3n) is 7.46. The van der Waals surface area contributed by atoms with Crippen molar-refractivity contribution in [2.24, 2.45) is 10.4 Å². The van der Waals surface area contributed by atoms with E-state index in [1.165, 1.54) is 0 Å². The van der Waals surface area contributed by atoms with Gasteiger partial charge in [0.25, 0.3) is 5.91 Å². The van der Waals surface area contributed by atoms with Crippen LogP contribution in [0.3, 0.4) is 0 Å². The van der Waals surface area contributed by atoms with Gasteiger partial charge in [0, 0.05) is 24.9 Å². The lowest BCUT2D eigenvalue weighted by molar-refractivity contribution is -0.208. The van der Waals surface area contributed by atoms with Gasteiger partial charge >= 0.3 is 0 Å². The standard InChI is InChI=1S/C28H39N5O4/c1-26(2)10-8-18(9-11-26)23-22(33-25(36)24-30-15-20(31-24)14-29-5)7-6-21(32-23)19-12-27(3,16-34)37-28(4,13-19)17-35/h6-8,14-15,19,34-35H,9-13,16-17H2,1-5H3,(H,30,31)(H,33,36)/t19?,27-,28+. The van der Waals surface area contributed by atoms with Gasteiger partial charge in [-0.2, -0.15) is 0 Å². The van der Waals surface area contributed by atoms with Crippen LogP contribution >= 0.6 is 0 Å². The number of allylic oxidation sites excluding steroid dienone is 2. The average Bonchev–Trinajstić information content (AvgIpc) is 3.33. The Labute approximate surface area is 218 Å². The number of aromatic nitrogens is 3. The number of carbonyl (C=O) groups excluding carboxylic acids is 1. The summed E-state index contributed by atoms with van der Waals surface area (Å²) in [4.78, 5) is 29.2. The van der Waals surface area contributed by atoms with Crippen LogP contribution in [0.4, 0.5) is 5.69 Å². The number of nitrogens with one attached hydrogen (secondary N) is 2. The first-order valence-corrected chi connectivity index (χ1v) is 12.9.